The molecule has 0 aliphatic carbocycles. The molecule has 1 aromatic carbocycles. The van der Waals surface area contributed by atoms with Crippen molar-refractivity contribution in [2.75, 3.05) is 13.2 Å². The lowest BCUT2D eigenvalue weighted by Crippen LogP contribution is -2.36. The first-order valence-electron chi connectivity index (χ1n) is 9.85. The highest BCUT2D eigenvalue weighted by Crippen LogP contribution is 2.16. The van der Waals surface area contributed by atoms with Crippen LogP contribution >= 0.6 is 0 Å². The first-order chi connectivity index (χ1) is 13.0. The Kier molecular flexibility index (Phi) is 11.2. The van der Waals surface area contributed by atoms with Crippen molar-refractivity contribution in [3.05, 3.63) is 29.8 Å². The number of ether oxygens (including phenoxy) is 2. The molecule has 1 amide bonds. The Bertz CT molecular complexity index is 558. The summed E-state index contributed by atoms with van der Waals surface area (Å²) in [6.45, 7) is 6.68. The number of hydrogen-bond donors (Lipinski definition) is 2. The monoisotopic (exact) mass is 379 g/mol. The number of aliphatic carboxylic acids is 1. The second kappa shape index (κ2) is 13.1. The number of carboxylic acid groups (broad SMARTS) is 1. The third-order valence-electron chi connectivity index (χ3n) is 4.25. The molecule has 0 unspecified atom stereocenters. The van der Waals surface area contributed by atoms with Crippen LogP contribution in [0, 0.1) is 0 Å². The van der Waals surface area contributed by atoms with Crippen molar-refractivity contribution in [1.29, 1.82) is 0 Å². The van der Waals surface area contributed by atoms with E-state index in [0.29, 0.717) is 18.9 Å². The van der Waals surface area contributed by atoms with Gasteiger partial charge in [0, 0.05) is 19.6 Å². The second-order valence-electron chi connectivity index (χ2n) is 6.60. The molecule has 0 saturated carbocycles. The normalized spacial score (nSPS) is 13.0. The Labute approximate surface area is 162 Å². The summed E-state index contributed by atoms with van der Waals surface area (Å²) in [4.78, 5) is 23.2. The van der Waals surface area contributed by atoms with Gasteiger partial charge in [0.15, 0.2) is 12.2 Å². The van der Waals surface area contributed by atoms with Crippen LogP contribution in [-0.2, 0) is 20.7 Å². The predicted molar refractivity (Wildman–Crippen MR) is 105 cm³/mol. The van der Waals surface area contributed by atoms with E-state index in [1.165, 1.54) is 19.3 Å². The van der Waals surface area contributed by atoms with Crippen molar-refractivity contribution in [2.45, 2.75) is 71.5 Å². The van der Waals surface area contributed by atoms with Gasteiger partial charge in [-0.3, -0.25) is 4.79 Å². The quantitative estimate of drug-likeness (QED) is 0.483. The van der Waals surface area contributed by atoms with Crippen LogP contribution in [0.5, 0.6) is 5.75 Å². The molecule has 1 rings (SSSR count). The van der Waals surface area contributed by atoms with Gasteiger partial charge < -0.3 is 19.9 Å². The fraction of sp³-hybridized carbons (Fsp3) is 0.619. The van der Waals surface area contributed by atoms with Crippen LogP contribution in [0.1, 0.15) is 58.4 Å². The van der Waals surface area contributed by atoms with E-state index in [1.807, 2.05) is 0 Å². The van der Waals surface area contributed by atoms with Gasteiger partial charge in [-0.2, -0.15) is 0 Å². The topological polar surface area (TPSA) is 84.9 Å². The highest BCUT2D eigenvalue weighted by Gasteiger charge is 2.18. The molecule has 0 fully saturated rings. The lowest BCUT2D eigenvalue weighted by atomic mass is 10.1. The smallest absolute Gasteiger partial charge is 0.333 e. The SMILES string of the molecule is CCCCCCCNC(=O)[C@@H](C)Oc1ccc(C[C@H](OCC)C(=O)O)cc1. The molecule has 0 bridgehead atoms. The Morgan fingerprint density at radius 3 is 2.33 bits per heavy atom. The van der Waals surface area contributed by atoms with E-state index in [4.69, 9.17) is 14.6 Å². The molecule has 6 nitrogen and oxygen atoms in total. The van der Waals surface area contributed by atoms with E-state index in [0.717, 1.165) is 18.4 Å². The van der Waals surface area contributed by atoms with Crippen LogP contribution in [-0.4, -0.2) is 42.3 Å². The van der Waals surface area contributed by atoms with Gasteiger partial charge >= 0.3 is 5.97 Å². The first kappa shape index (κ1) is 23.0. The summed E-state index contributed by atoms with van der Waals surface area (Å²) in [5.74, 6) is -0.526. The van der Waals surface area contributed by atoms with Crippen LogP contribution < -0.4 is 10.1 Å². The number of unbranched alkanes of at least 4 members (excludes halogenated alkanes) is 4. The highest BCUT2D eigenvalue weighted by atomic mass is 16.5. The molecule has 2 N–H and O–H groups in total. The summed E-state index contributed by atoms with van der Waals surface area (Å²) in [5, 5.41) is 12.0. The maximum absolute atomic E-state index is 12.1. The number of benzene rings is 1. The minimum atomic E-state index is -0.975. The number of carbonyl (C=O) groups excluding carboxylic acids is 1. The number of nitrogens with one attached hydrogen (secondary N) is 1. The lowest BCUT2D eigenvalue weighted by Gasteiger charge is -2.16. The van der Waals surface area contributed by atoms with Crippen molar-refractivity contribution in [3.8, 4) is 5.75 Å². The van der Waals surface area contributed by atoms with E-state index in [-0.39, 0.29) is 12.3 Å². The van der Waals surface area contributed by atoms with Gasteiger partial charge in [-0.25, -0.2) is 4.79 Å². The van der Waals surface area contributed by atoms with Crippen molar-refractivity contribution < 1.29 is 24.2 Å². The van der Waals surface area contributed by atoms with E-state index in [1.54, 1.807) is 38.1 Å². The molecule has 0 aromatic heterocycles. The highest BCUT2D eigenvalue weighted by molar-refractivity contribution is 5.80. The van der Waals surface area contributed by atoms with Crippen LogP contribution in [0.25, 0.3) is 0 Å². The molecule has 0 aliphatic heterocycles. The molecule has 0 saturated heterocycles. The largest absolute Gasteiger partial charge is 0.481 e. The fourth-order valence-corrected chi connectivity index (χ4v) is 2.68. The Morgan fingerprint density at radius 2 is 1.74 bits per heavy atom. The standard InChI is InChI=1S/C21H33NO5/c1-4-6-7-8-9-14-22-20(23)16(3)27-18-12-10-17(11-13-18)15-19(21(24)25)26-5-2/h10-13,16,19H,4-9,14-15H2,1-3H3,(H,22,23)(H,24,25)/t16-,19+/m1/s1. The van der Waals surface area contributed by atoms with Crippen molar-refractivity contribution >= 4 is 11.9 Å². The van der Waals surface area contributed by atoms with E-state index < -0.39 is 18.2 Å². The van der Waals surface area contributed by atoms with Crippen molar-refractivity contribution in [1.82, 2.24) is 5.32 Å². The first-order valence-corrected chi connectivity index (χ1v) is 9.85. The predicted octanol–water partition coefficient (Wildman–Crippen LogP) is 3.57. The molecular formula is C21H33NO5. The fourth-order valence-electron chi connectivity index (χ4n) is 2.68. The number of carboxylic acids is 1. The third-order valence-corrected chi connectivity index (χ3v) is 4.25. The average Bonchev–Trinajstić information content (AvgIpc) is 2.65. The zero-order valence-corrected chi connectivity index (χ0v) is 16.7. The summed E-state index contributed by atoms with van der Waals surface area (Å²) in [7, 11) is 0. The van der Waals surface area contributed by atoms with Gasteiger partial charge in [0.05, 0.1) is 0 Å². The molecule has 0 aliphatic rings. The number of carbonyl (C=O) groups is 2. The zero-order chi connectivity index (χ0) is 20.1. The van der Waals surface area contributed by atoms with Crippen LogP contribution in [0.3, 0.4) is 0 Å². The molecule has 0 heterocycles. The maximum atomic E-state index is 12.1. The van der Waals surface area contributed by atoms with E-state index >= 15 is 0 Å². The van der Waals surface area contributed by atoms with Crippen LogP contribution in [0.2, 0.25) is 0 Å². The minimum Gasteiger partial charge on any atom is -0.481 e. The molecule has 6 heteroatoms. The molecule has 0 spiro atoms. The van der Waals surface area contributed by atoms with Crippen molar-refractivity contribution in [3.63, 3.8) is 0 Å². The molecule has 27 heavy (non-hydrogen) atoms. The van der Waals surface area contributed by atoms with E-state index in [9.17, 15) is 9.59 Å². The van der Waals surface area contributed by atoms with Gasteiger partial charge in [0.2, 0.25) is 0 Å². The van der Waals surface area contributed by atoms with Gasteiger partial charge in [-0.15, -0.1) is 0 Å². The number of rotatable bonds is 14. The summed E-state index contributed by atoms with van der Waals surface area (Å²) < 4.78 is 10.9. The Balaban J connectivity index is 2.40. The maximum Gasteiger partial charge on any atom is 0.333 e. The summed E-state index contributed by atoms with van der Waals surface area (Å²) in [6, 6.07) is 7.08. The molecule has 1 aromatic rings. The molecular weight excluding hydrogens is 346 g/mol. The second-order valence-corrected chi connectivity index (χ2v) is 6.60. The average molecular weight is 379 g/mol. The zero-order valence-electron chi connectivity index (χ0n) is 16.7. The summed E-state index contributed by atoms with van der Waals surface area (Å²) in [5.41, 5.74) is 0.840. The lowest BCUT2D eigenvalue weighted by molar-refractivity contribution is -0.150. The van der Waals surface area contributed by atoms with E-state index in [2.05, 4.69) is 12.2 Å². The Morgan fingerprint density at radius 1 is 1.07 bits per heavy atom. The van der Waals surface area contributed by atoms with Crippen LogP contribution in [0.15, 0.2) is 24.3 Å². The van der Waals surface area contributed by atoms with Gasteiger partial charge in [0.1, 0.15) is 5.75 Å². The number of amides is 1. The number of hydrogen-bond acceptors (Lipinski definition) is 4. The van der Waals surface area contributed by atoms with Gasteiger partial charge in [-0.1, -0.05) is 44.7 Å². The van der Waals surface area contributed by atoms with Gasteiger partial charge in [-0.05, 0) is 38.0 Å². The van der Waals surface area contributed by atoms with Crippen molar-refractivity contribution in [2.24, 2.45) is 0 Å². The summed E-state index contributed by atoms with van der Waals surface area (Å²) in [6.07, 6.45) is 4.61. The minimum absolute atomic E-state index is 0.128. The van der Waals surface area contributed by atoms with Gasteiger partial charge in [0.25, 0.3) is 5.91 Å². The molecule has 152 valence electrons. The summed E-state index contributed by atoms with van der Waals surface area (Å²) >= 11 is 0. The molecule has 0 radical (unpaired) electrons. The van der Waals surface area contributed by atoms with Crippen LogP contribution in [0.4, 0.5) is 0 Å². The molecule has 2 atom stereocenters. The Hall–Kier alpha value is -2.08. The third kappa shape index (κ3) is 9.43.